The Hall–Kier alpha value is -3.48. The summed E-state index contributed by atoms with van der Waals surface area (Å²) in [6, 6.07) is 12.0. The van der Waals surface area contributed by atoms with Crippen molar-refractivity contribution in [2.24, 2.45) is 5.41 Å². The van der Waals surface area contributed by atoms with Crippen LogP contribution < -0.4 is 4.74 Å². The zero-order valence-electron chi connectivity index (χ0n) is 19.7. The number of amides is 1. The van der Waals surface area contributed by atoms with Crippen molar-refractivity contribution in [3.63, 3.8) is 0 Å². The van der Waals surface area contributed by atoms with E-state index in [1.807, 2.05) is 43.0 Å². The van der Waals surface area contributed by atoms with Crippen molar-refractivity contribution in [3.8, 4) is 11.4 Å². The first-order chi connectivity index (χ1) is 15.7. The number of ether oxygens (including phenoxy) is 1. The molecule has 0 aliphatic carbocycles. The highest BCUT2D eigenvalue weighted by Gasteiger charge is 2.37. The van der Waals surface area contributed by atoms with Gasteiger partial charge in [-0.15, -0.1) is 0 Å². The second-order valence-corrected chi connectivity index (χ2v) is 9.34. The molecule has 1 amide bonds. The Bertz CT molecular complexity index is 1200. The van der Waals surface area contributed by atoms with Crippen LogP contribution >= 0.6 is 0 Å². The number of rotatable bonds is 5. The van der Waals surface area contributed by atoms with Crippen LogP contribution in [0.5, 0.6) is 5.75 Å². The fraction of sp³-hybridized carbons (Fsp3) is 0.346. The molecule has 0 unspecified atom stereocenters. The molecule has 33 heavy (non-hydrogen) atoms. The van der Waals surface area contributed by atoms with Crippen LogP contribution in [0.15, 0.2) is 54.4 Å². The Balaban J connectivity index is 1.66. The van der Waals surface area contributed by atoms with Gasteiger partial charge in [0.05, 0.1) is 13.2 Å². The number of hydrogen-bond acceptors (Lipinski definition) is 4. The summed E-state index contributed by atoms with van der Waals surface area (Å²) in [6.07, 6.45) is 4.25. The van der Waals surface area contributed by atoms with Crippen molar-refractivity contribution < 1.29 is 13.9 Å². The Morgan fingerprint density at radius 1 is 1.18 bits per heavy atom. The van der Waals surface area contributed by atoms with Gasteiger partial charge in [-0.3, -0.25) is 4.79 Å². The van der Waals surface area contributed by atoms with E-state index in [-0.39, 0.29) is 23.2 Å². The molecular formula is C26H29FN4O2. The van der Waals surface area contributed by atoms with Gasteiger partial charge in [-0.2, -0.15) is 5.10 Å². The topological polar surface area (TPSA) is 60.2 Å². The molecule has 1 atom stereocenters. The highest BCUT2D eigenvalue weighted by Crippen LogP contribution is 2.38. The number of carbonyl (C=O) groups is 1. The molecule has 2 heterocycles. The van der Waals surface area contributed by atoms with E-state index in [2.05, 4.69) is 23.9 Å². The van der Waals surface area contributed by atoms with E-state index >= 15 is 0 Å². The number of likely N-dealkylation sites (tertiary alicyclic amines) is 1. The Morgan fingerprint density at radius 2 is 1.91 bits per heavy atom. The minimum absolute atomic E-state index is 0.00101. The summed E-state index contributed by atoms with van der Waals surface area (Å²) >= 11 is 0. The third-order valence-electron chi connectivity index (χ3n) is 6.02. The number of piperidine rings is 1. The van der Waals surface area contributed by atoms with Gasteiger partial charge in [0.15, 0.2) is 0 Å². The van der Waals surface area contributed by atoms with Crippen molar-refractivity contribution >= 4 is 12.0 Å². The lowest BCUT2D eigenvalue weighted by Crippen LogP contribution is -2.46. The van der Waals surface area contributed by atoms with Crippen molar-refractivity contribution in [2.75, 3.05) is 13.7 Å². The predicted octanol–water partition coefficient (Wildman–Crippen LogP) is 5.13. The SMILES string of the molecule is COc1cc(C=C2CC(C)(C)CN([C@@H](C)c3ccc(F)cc3)C2=O)ccc1-n1cnc(C)n1. The van der Waals surface area contributed by atoms with E-state index in [9.17, 15) is 9.18 Å². The average molecular weight is 449 g/mol. The maximum atomic E-state index is 13.5. The highest BCUT2D eigenvalue weighted by molar-refractivity contribution is 5.99. The quantitative estimate of drug-likeness (QED) is 0.508. The van der Waals surface area contributed by atoms with E-state index < -0.39 is 0 Å². The first-order valence-electron chi connectivity index (χ1n) is 11.0. The molecule has 0 spiro atoms. The second-order valence-electron chi connectivity index (χ2n) is 9.34. The van der Waals surface area contributed by atoms with E-state index in [1.54, 1.807) is 30.3 Å². The molecule has 1 aliphatic heterocycles. The summed E-state index contributed by atoms with van der Waals surface area (Å²) in [5, 5.41) is 4.36. The lowest BCUT2D eigenvalue weighted by molar-refractivity contribution is -0.133. The van der Waals surface area contributed by atoms with Crippen LogP contribution in [0.1, 0.15) is 50.2 Å². The molecule has 1 aromatic heterocycles. The number of aromatic nitrogens is 3. The molecule has 0 bridgehead atoms. The van der Waals surface area contributed by atoms with Gasteiger partial charge in [0.2, 0.25) is 5.91 Å². The summed E-state index contributed by atoms with van der Waals surface area (Å²) < 4.78 is 20.6. The molecule has 0 radical (unpaired) electrons. The molecule has 0 saturated carbocycles. The van der Waals surface area contributed by atoms with Crippen LogP contribution in [-0.4, -0.2) is 39.2 Å². The van der Waals surface area contributed by atoms with Crippen LogP contribution in [0.3, 0.4) is 0 Å². The summed E-state index contributed by atoms with van der Waals surface area (Å²) in [6.45, 7) is 8.78. The van der Waals surface area contributed by atoms with Crippen molar-refractivity contribution in [3.05, 3.63) is 77.1 Å². The number of halogens is 1. The molecule has 7 heteroatoms. The van der Waals surface area contributed by atoms with E-state index in [4.69, 9.17) is 4.74 Å². The fourth-order valence-corrected chi connectivity index (χ4v) is 4.35. The minimum atomic E-state index is -0.282. The summed E-state index contributed by atoms with van der Waals surface area (Å²) in [7, 11) is 1.61. The summed E-state index contributed by atoms with van der Waals surface area (Å²) in [5.41, 5.74) is 3.23. The number of carbonyl (C=O) groups excluding carboxylic acids is 1. The number of nitrogens with zero attached hydrogens (tertiary/aromatic N) is 4. The van der Waals surface area contributed by atoms with Gasteiger partial charge < -0.3 is 9.64 Å². The molecule has 6 nitrogen and oxygen atoms in total. The summed E-state index contributed by atoms with van der Waals surface area (Å²) in [5.74, 6) is 1.04. The Morgan fingerprint density at radius 3 is 2.55 bits per heavy atom. The largest absolute Gasteiger partial charge is 0.494 e. The molecule has 2 aromatic carbocycles. The standard InChI is InChI=1S/C26H29FN4O2/c1-17(20-7-9-22(27)10-8-20)30-15-26(3,4)14-21(25(30)32)12-19-6-11-23(24(13-19)33-5)31-16-28-18(2)29-31/h6-13,16-17H,14-15H2,1-5H3/t17-/m0/s1. The molecule has 1 aliphatic rings. The number of benzene rings is 2. The third kappa shape index (κ3) is 4.82. The first-order valence-corrected chi connectivity index (χ1v) is 11.0. The molecule has 1 fully saturated rings. The van der Waals surface area contributed by atoms with Crippen molar-refractivity contribution in [1.82, 2.24) is 19.7 Å². The lowest BCUT2D eigenvalue weighted by atomic mass is 9.79. The molecule has 4 rings (SSSR count). The van der Waals surface area contributed by atoms with E-state index in [1.165, 1.54) is 12.1 Å². The second kappa shape index (κ2) is 8.81. The zero-order valence-corrected chi connectivity index (χ0v) is 19.7. The molecule has 1 saturated heterocycles. The summed E-state index contributed by atoms with van der Waals surface area (Å²) in [4.78, 5) is 19.5. The smallest absolute Gasteiger partial charge is 0.250 e. The number of aryl methyl sites for hydroxylation is 1. The van der Waals surface area contributed by atoms with Gasteiger partial charge in [0.25, 0.3) is 0 Å². The Labute approximate surface area is 193 Å². The van der Waals surface area contributed by atoms with Crippen LogP contribution in [-0.2, 0) is 4.79 Å². The van der Waals surface area contributed by atoms with E-state index in [0.29, 0.717) is 24.5 Å². The van der Waals surface area contributed by atoms with E-state index in [0.717, 1.165) is 22.4 Å². The number of hydrogen-bond donors (Lipinski definition) is 0. The van der Waals surface area contributed by atoms with Gasteiger partial charge in [0.1, 0.15) is 29.4 Å². The maximum absolute atomic E-state index is 13.5. The van der Waals surface area contributed by atoms with Crippen LogP contribution in [0.25, 0.3) is 11.8 Å². The Kier molecular flexibility index (Phi) is 6.06. The van der Waals surface area contributed by atoms with Gasteiger partial charge in [-0.1, -0.05) is 32.0 Å². The van der Waals surface area contributed by atoms with Crippen molar-refractivity contribution in [2.45, 2.75) is 40.2 Å². The van der Waals surface area contributed by atoms with Gasteiger partial charge in [0, 0.05) is 12.1 Å². The molecule has 3 aromatic rings. The van der Waals surface area contributed by atoms with Gasteiger partial charge in [-0.05, 0) is 67.2 Å². The van der Waals surface area contributed by atoms with Crippen LogP contribution in [0.2, 0.25) is 0 Å². The minimum Gasteiger partial charge on any atom is -0.494 e. The highest BCUT2D eigenvalue weighted by atomic mass is 19.1. The monoisotopic (exact) mass is 448 g/mol. The third-order valence-corrected chi connectivity index (χ3v) is 6.02. The number of methoxy groups -OCH3 is 1. The van der Waals surface area contributed by atoms with Crippen LogP contribution in [0, 0.1) is 18.2 Å². The maximum Gasteiger partial charge on any atom is 0.250 e. The predicted molar refractivity (Wildman–Crippen MR) is 126 cm³/mol. The normalized spacial score (nSPS) is 17.9. The molecule has 172 valence electrons. The van der Waals surface area contributed by atoms with Crippen molar-refractivity contribution in [1.29, 1.82) is 0 Å². The fourth-order valence-electron chi connectivity index (χ4n) is 4.35. The lowest BCUT2D eigenvalue weighted by Gasteiger charge is -2.42. The zero-order chi connectivity index (χ0) is 23.8. The average Bonchev–Trinajstić information content (AvgIpc) is 3.21. The molecular weight excluding hydrogens is 419 g/mol. The van der Waals surface area contributed by atoms with Gasteiger partial charge in [-0.25, -0.2) is 14.1 Å². The van der Waals surface area contributed by atoms with Gasteiger partial charge >= 0.3 is 0 Å². The van der Waals surface area contributed by atoms with Crippen LogP contribution in [0.4, 0.5) is 4.39 Å². The molecule has 0 N–H and O–H groups in total. The first kappa shape index (κ1) is 22.7.